The molecule has 0 amide bonds. The van der Waals surface area contributed by atoms with E-state index >= 15 is 0 Å². The van der Waals surface area contributed by atoms with Crippen molar-refractivity contribution in [1.82, 2.24) is 4.90 Å². The topological polar surface area (TPSA) is 29.5 Å². The lowest BCUT2D eigenvalue weighted by Crippen LogP contribution is -2.19. The molecule has 3 nitrogen and oxygen atoms in total. The Morgan fingerprint density at radius 1 is 1.42 bits per heavy atom. The van der Waals surface area contributed by atoms with Crippen molar-refractivity contribution < 1.29 is 9.53 Å². The number of carbonyl (C=O) groups excluding carboxylic acids is 1. The van der Waals surface area contributed by atoms with Crippen molar-refractivity contribution in [3.8, 4) is 5.75 Å². The maximum absolute atomic E-state index is 12.0. The standard InChI is InChI=1S/C15H20ClNO2/c1-5-11(2)15(18)13-7-6-12(10-14(13)16)19-9-8-17(3)4/h6-7,10H,2,5,8-9H2,1,3-4H3. The van der Waals surface area contributed by atoms with Gasteiger partial charge in [-0.05, 0) is 44.3 Å². The van der Waals surface area contributed by atoms with E-state index in [9.17, 15) is 4.79 Å². The second kappa shape index (κ2) is 7.31. The summed E-state index contributed by atoms with van der Waals surface area (Å²) < 4.78 is 5.56. The van der Waals surface area contributed by atoms with E-state index in [1.165, 1.54) is 0 Å². The Balaban J connectivity index is 2.74. The minimum Gasteiger partial charge on any atom is -0.492 e. The van der Waals surface area contributed by atoms with E-state index in [0.717, 1.165) is 6.54 Å². The first-order valence-electron chi connectivity index (χ1n) is 6.25. The molecule has 0 fully saturated rings. The fraction of sp³-hybridized carbons (Fsp3) is 0.400. The van der Waals surface area contributed by atoms with Crippen molar-refractivity contribution in [3.05, 3.63) is 40.9 Å². The first-order chi connectivity index (χ1) is 8.95. The van der Waals surface area contributed by atoms with Crippen LogP contribution in [0.1, 0.15) is 23.7 Å². The number of hydrogen-bond acceptors (Lipinski definition) is 3. The Kier molecular flexibility index (Phi) is 6.06. The van der Waals surface area contributed by atoms with Crippen LogP contribution in [0.2, 0.25) is 5.02 Å². The van der Waals surface area contributed by atoms with Crippen molar-refractivity contribution in [2.45, 2.75) is 13.3 Å². The second-order valence-electron chi connectivity index (χ2n) is 4.58. The van der Waals surface area contributed by atoms with E-state index in [-0.39, 0.29) is 5.78 Å². The number of likely N-dealkylation sites (N-methyl/N-ethyl adjacent to an activating group) is 1. The first-order valence-corrected chi connectivity index (χ1v) is 6.63. The maximum Gasteiger partial charge on any atom is 0.189 e. The molecule has 0 saturated heterocycles. The van der Waals surface area contributed by atoms with Gasteiger partial charge in [-0.25, -0.2) is 0 Å². The monoisotopic (exact) mass is 281 g/mol. The van der Waals surface area contributed by atoms with E-state index in [2.05, 4.69) is 6.58 Å². The van der Waals surface area contributed by atoms with Gasteiger partial charge in [-0.2, -0.15) is 0 Å². The number of allylic oxidation sites excluding steroid dienone is 1. The third kappa shape index (κ3) is 4.69. The number of Topliss-reactive ketones (excluding diaryl/α,β-unsaturated/α-hetero) is 1. The van der Waals surface area contributed by atoms with Crippen LogP contribution in [0.5, 0.6) is 5.75 Å². The SMILES string of the molecule is C=C(CC)C(=O)c1ccc(OCCN(C)C)cc1Cl. The minimum atomic E-state index is -0.104. The van der Waals surface area contributed by atoms with Crippen LogP contribution in [0.15, 0.2) is 30.4 Å². The molecular formula is C15H20ClNO2. The number of carbonyl (C=O) groups is 1. The van der Waals surface area contributed by atoms with Gasteiger partial charge in [-0.15, -0.1) is 0 Å². The zero-order chi connectivity index (χ0) is 14.4. The van der Waals surface area contributed by atoms with Crippen LogP contribution in [-0.2, 0) is 0 Å². The molecule has 0 atom stereocenters. The summed E-state index contributed by atoms with van der Waals surface area (Å²) in [5, 5.41) is 0.405. The molecule has 0 N–H and O–H groups in total. The van der Waals surface area contributed by atoms with Crippen LogP contribution in [0.3, 0.4) is 0 Å². The molecule has 4 heteroatoms. The molecule has 0 aliphatic rings. The molecule has 1 rings (SSSR count). The number of rotatable bonds is 7. The first kappa shape index (κ1) is 15.7. The van der Waals surface area contributed by atoms with Gasteiger partial charge >= 0.3 is 0 Å². The molecule has 0 spiro atoms. The molecule has 0 saturated carbocycles. The normalized spacial score (nSPS) is 10.6. The summed E-state index contributed by atoms with van der Waals surface area (Å²) in [6.07, 6.45) is 0.621. The highest BCUT2D eigenvalue weighted by atomic mass is 35.5. The highest BCUT2D eigenvalue weighted by Crippen LogP contribution is 2.25. The van der Waals surface area contributed by atoms with Crippen LogP contribution in [0, 0.1) is 0 Å². The fourth-order valence-electron chi connectivity index (χ4n) is 1.47. The number of hydrogen-bond donors (Lipinski definition) is 0. The Morgan fingerprint density at radius 2 is 2.11 bits per heavy atom. The predicted octanol–water partition coefficient (Wildman–Crippen LogP) is 3.43. The second-order valence-corrected chi connectivity index (χ2v) is 4.99. The predicted molar refractivity (Wildman–Crippen MR) is 79.3 cm³/mol. The molecular weight excluding hydrogens is 262 g/mol. The van der Waals surface area contributed by atoms with Crippen molar-refractivity contribution in [3.63, 3.8) is 0 Å². The molecule has 0 radical (unpaired) electrons. The highest BCUT2D eigenvalue weighted by molar-refractivity contribution is 6.35. The van der Waals surface area contributed by atoms with E-state index in [1.807, 2.05) is 25.9 Å². The lowest BCUT2D eigenvalue weighted by Gasteiger charge is -2.12. The van der Waals surface area contributed by atoms with Crippen LogP contribution < -0.4 is 4.74 Å². The van der Waals surface area contributed by atoms with Gasteiger partial charge in [0.2, 0.25) is 0 Å². The molecule has 1 aromatic rings. The van der Waals surface area contributed by atoms with Crippen LogP contribution in [-0.4, -0.2) is 37.9 Å². The van der Waals surface area contributed by atoms with Crippen LogP contribution in [0.4, 0.5) is 0 Å². The van der Waals surface area contributed by atoms with Crippen molar-refractivity contribution in [2.24, 2.45) is 0 Å². The quantitative estimate of drug-likeness (QED) is 0.566. The molecule has 0 aromatic heterocycles. The van der Waals surface area contributed by atoms with Crippen molar-refractivity contribution in [2.75, 3.05) is 27.2 Å². The average Bonchev–Trinajstić information content (AvgIpc) is 2.36. The van der Waals surface area contributed by atoms with Gasteiger partial charge in [0.05, 0.1) is 5.02 Å². The zero-order valence-electron chi connectivity index (χ0n) is 11.7. The lowest BCUT2D eigenvalue weighted by atomic mass is 10.0. The van der Waals surface area contributed by atoms with Gasteiger partial charge in [0, 0.05) is 12.1 Å². The van der Waals surface area contributed by atoms with Gasteiger partial charge in [0.25, 0.3) is 0 Å². The smallest absolute Gasteiger partial charge is 0.189 e. The molecule has 0 bridgehead atoms. The Bertz CT molecular complexity index is 469. The summed E-state index contributed by atoms with van der Waals surface area (Å²) >= 11 is 6.11. The summed E-state index contributed by atoms with van der Waals surface area (Å²) in [4.78, 5) is 14.0. The largest absolute Gasteiger partial charge is 0.492 e. The molecule has 0 heterocycles. The van der Waals surface area contributed by atoms with Crippen molar-refractivity contribution >= 4 is 17.4 Å². The zero-order valence-corrected chi connectivity index (χ0v) is 12.5. The Labute approximate surface area is 119 Å². The van der Waals surface area contributed by atoms with Gasteiger partial charge in [-0.3, -0.25) is 4.79 Å². The van der Waals surface area contributed by atoms with E-state index in [4.69, 9.17) is 16.3 Å². The number of ether oxygens (including phenoxy) is 1. The number of halogens is 1. The number of ketones is 1. The third-order valence-electron chi connectivity index (χ3n) is 2.74. The molecule has 0 unspecified atom stereocenters. The maximum atomic E-state index is 12.0. The van der Waals surface area contributed by atoms with Gasteiger partial charge < -0.3 is 9.64 Å². The van der Waals surface area contributed by atoms with E-state index in [0.29, 0.717) is 34.9 Å². The fourth-order valence-corrected chi connectivity index (χ4v) is 1.72. The molecule has 0 aliphatic heterocycles. The summed E-state index contributed by atoms with van der Waals surface area (Å²) in [7, 11) is 3.96. The number of benzene rings is 1. The third-order valence-corrected chi connectivity index (χ3v) is 3.05. The van der Waals surface area contributed by atoms with Crippen molar-refractivity contribution in [1.29, 1.82) is 0 Å². The molecule has 0 aliphatic carbocycles. The van der Waals surface area contributed by atoms with E-state index in [1.54, 1.807) is 18.2 Å². The highest BCUT2D eigenvalue weighted by Gasteiger charge is 2.13. The lowest BCUT2D eigenvalue weighted by molar-refractivity contribution is 0.103. The number of nitrogens with zero attached hydrogens (tertiary/aromatic N) is 1. The Hall–Kier alpha value is -1.32. The molecule has 1 aromatic carbocycles. The van der Waals surface area contributed by atoms with E-state index < -0.39 is 0 Å². The molecule has 104 valence electrons. The minimum absolute atomic E-state index is 0.104. The summed E-state index contributed by atoms with van der Waals surface area (Å²) in [5.74, 6) is 0.567. The summed E-state index contributed by atoms with van der Waals surface area (Å²) in [6, 6.07) is 5.13. The van der Waals surface area contributed by atoms with Gasteiger partial charge in [-0.1, -0.05) is 25.1 Å². The summed E-state index contributed by atoms with van der Waals surface area (Å²) in [5.41, 5.74) is 1.04. The average molecular weight is 282 g/mol. The summed E-state index contributed by atoms with van der Waals surface area (Å²) in [6.45, 7) is 7.04. The van der Waals surface area contributed by atoms with Gasteiger partial charge in [0.15, 0.2) is 5.78 Å². The van der Waals surface area contributed by atoms with Gasteiger partial charge in [0.1, 0.15) is 12.4 Å². The van der Waals surface area contributed by atoms with Crippen LogP contribution >= 0.6 is 11.6 Å². The Morgan fingerprint density at radius 3 is 2.63 bits per heavy atom. The van der Waals surface area contributed by atoms with Crippen LogP contribution in [0.25, 0.3) is 0 Å². The molecule has 19 heavy (non-hydrogen) atoms.